The Bertz CT molecular complexity index is 900. The van der Waals surface area contributed by atoms with Crippen LogP contribution in [0.15, 0.2) is 48.5 Å². The van der Waals surface area contributed by atoms with Crippen LogP contribution in [0.25, 0.3) is 0 Å². The molecule has 0 radical (unpaired) electrons. The summed E-state index contributed by atoms with van der Waals surface area (Å²) in [5, 5.41) is 0. The SMILES string of the molecule is CC(C)(C)OC(=O)N1[C@H](c2ccc(F)cc2)[C@]12Cc1ccccc1C2=O. The second-order valence-corrected chi connectivity index (χ2v) is 7.89. The quantitative estimate of drug-likeness (QED) is 0.718. The number of hydrogen-bond donors (Lipinski definition) is 0. The van der Waals surface area contributed by atoms with Gasteiger partial charge in [-0.15, -0.1) is 0 Å². The normalized spacial score (nSPS) is 23.9. The zero-order chi connectivity index (χ0) is 18.7. The summed E-state index contributed by atoms with van der Waals surface area (Å²) in [6.07, 6.45) is -0.0727. The van der Waals surface area contributed by atoms with Crippen molar-refractivity contribution in [3.63, 3.8) is 0 Å². The molecule has 0 aromatic heterocycles. The van der Waals surface area contributed by atoms with E-state index in [1.165, 1.54) is 17.0 Å². The predicted molar refractivity (Wildman–Crippen MR) is 94.4 cm³/mol. The van der Waals surface area contributed by atoms with Gasteiger partial charge >= 0.3 is 6.09 Å². The third-order valence-electron chi connectivity index (χ3n) is 4.96. The predicted octanol–water partition coefficient (Wildman–Crippen LogP) is 4.30. The summed E-state index contributed by atoms with van der Waals surface area (Å²) in [6.45, 7) is 5.37. The molecule has 1 heterocycles. The van der Waals surface area contributed by atoms with Crippen LogP contribution in [-0.4, -0.2) is 27.9 Å². The lowest BCUT2D eigenvalue weighted by Crippen LogP contribution is -2.33. The third-order valence-corrected chi connectivity index (χ3v) is 4.96. The maximum Gasteiger partial charge on any atom is 0.411 e. The van der Waals surface area contributed by atoms with E-state index in [4.69, 9.17) is 4.74 Å². The van der Waals surface area contributed by atoms with Crippen LogP contribution in [0.3, 0.4) is 0 Å². The largest absolute Gasteiger partial charge is 0.444 e. The van der Waals surface area contributed by atoms with Gasteiger partial charge in [0.05, 0.1) is 6.04 Å². The van der Waals surface area contributed by atoms with Gasteiger partial charge in [-0.1, -0.05) is 36.4 Å². The Morgan fingerprint density at radius 3 is 2.42 bits per heavy atom. The fraction of sp³-hybridized carbons (Fsp3) is 0.333. The zero-order valence-corrected chi connectivity index (χ0v) is 15.0. The molecule has 5 heteroatoms. The number of amides is 1. The second-order valence-electron chi connectivity index (χ2n) is 7.89. The van der Waals surface area contributed by atoms with Gasteiger partial charge in [0.25, 0.3) is 0 Å². The minimum absolute atomic E-state index is 0.0757. The summed E-state index contributed by atoms with van der Waals surface area (Å²) in [4.78, 5) is 27.5. The molecule has 1 saturated heterocycles. The van der Waals surface area contributed by atoms with E-state index in [-0.39, 0.29) is 11.6 Å². The van der Waals surface area contributed by atoms with Gasteiger partial charge in [-0.05, 0) is 44.0 Å². The van der Waals surface area contributed by atoms with E-state index in [0.717, 1.165) is 11.1 Å². The Morgan fingerprint density at radius 2 is 1.81 bits per heavy atom. The third kappa shape index (κ3) is 2.42. The van der Waals surface area contributed by atoms with E-state index in [2.05, 4.69) is 0 Å². The van der Waals surface area contributed by atoms with E-state index < -0.39 is 23.3 Å². The number of rotatable bonds is 1. The minimum atomic E-state index is -0.968. The molecule has 0 saturated carbocycles. The van der Waals surface area contributed by atoms with E-state index in [1.54, 1.807) is 39.0 Å². The summed E-state index contributed by atoms with van der Waals surface area (Å²) in [5.74, 6) is -0.429. The molecule has 4 rings (SSSR count). The fourth-order valence-electron chi connectivity index (χ4n) is 3.90. The fourth-order valence-corrected chi connectivity index (χ4v) is 3.90. The van der Waals surface area contributed by atoms with E-state index in [0.29, 0.717) is 12.0 Å². The van der Waals surface area contributed by atoms with Gasteiger partial charge in [-0.2, -0.15) is 0 Å². The summed E-state index contributed by atoms with van der Waals surface area (Å²) < 4.78 is 18.9. The van der Waals surface area contributed by atoms with E-state index in [1.807, 2.05) is 18.2 Å². The molecular formula is C21H20FNO3. The van der Waals surface area contributed by atoms with E-state index >= 15 is 0 Å². The van der Waals surface area contributed by atoms with Crippen LogP contribution < -0.4 is 0 Å². The molecule has 2 atom stereocenters. The average molecular weight is 353 g/mol. The van der Waals surface area contributed by atoms with Crippen molar-refractivity contribution in [3.05, 3.63) is 71.0 Å². The van der Waals surface area contributed by atoms with E-state index in [9.17, 15) is 14.0 Å². The second kappa shape index (κ2) is 5.40. The van der Waals surface area contributed by atoms with Crippen molar-refractivity contribution in [1.29, 1.82) is 0 Å². The molecule has 4 nitrogen and oxygen atoms in total. The monoisotopic (exact) mass is 353 g/mol. The van der Waals surface area contributed by atoms with Crippen LogP contribution in [0.2, 0.25) is 0 Å². The first kappa shape index (κ1) is 16.8. The Balaban J connectivity index is 1.75. The molecule has 1 fully saturated rings. The minimum Gasteiger partial charge on any atom is -0.444 e. The molecular weight excluding hydrogens is 333 g/mol. The molecule has 2 aromatic rings. The van der Waals surface area contributed by atoms with Gasteiger partial charge < -0.3 is 4.74 Å². The molecule has 0 N–H and O–H groups in total. The first-order chi connectivity index (χ1) is 12.2. The summed E-state index contributed by atoms with van der Waals surface area (Å²) in [5.41, 5.74) is 0.673. The smallest absolute Gasteiger partial charge is 0.411 e. The standard InChI is InChI=1S/C21H20FNO3/c1-20(2,3)26-19(25)23-17(13-8-10-15(22)11-9-13)21(23)12-14-6-4-5-7-16(14)18(21)24/h4-11,17H,12H2,1-3H3/t17-,21+,23?/m1/s1. The van der Waals surface area contributed by atoms with Crippen LogP contribution >= 0.6 is 0 Å². The number of benzene rings is 2. The van der Waals surface area contributed by atoms with Crippen molar-refractivity contribution in [1.82, 2.24) is 4.90 Å². The number of hydrogen-bond acceptors (Lipinski definition) is 3. The number of carbonyl (C=O) groups is 2. The highest BCUT2D eigenvalue weighted by atomic mass is 19.1. The highest BCUT2D eigenvalue weighted by Gasteiger charge is 2.73. The van der Waals surface area contributed by atoms with Crippen molar-refractivity contribution in [2.45, 2.75) is 44.4 Å². The van der Waals surface area contributed by atoms with Gasteiger partial charge in [0, 0.05) is 12.0 Å². The molecule has 0 bridgehead atoms. The Kier molecular flexibility index (Phi) is 3.48. The van der Waals surface area contributed by atoms with Crippen molar-refractivity contribution in [2.75, 3.05) is 0 Å². The number of ketones is 1. The van der Waals surface area contributed by atoms with Crippen LogP contribution in [0.4, 0.5) is 9.18 Å². The van der Waals surface area contributed by atoms with Crippen LogP contribution in [0.1, 0.15) is 48.3 Å². The van der Waals surface area contributed by atoms with Gasteiger partial charge in [-0.3, -0.25) is 9.69 Å². The number of fused-ring (bicyclic) bond motifs is 1. The lowest BCUT2D eigenvalue weighted by molar-refractivity contribution is 0.0364. The number of halogens is 1. The lowest BCUT2D eigenvalue weighted by atomic mass is 9.95. The maximum absolute atomic E-state index is 13.3. The Hall–Kier alpha value is -2.69. The molecule has 1 aliphatic carbocycles. The highest BCUT2D eigenvalue weighted by molar-refractivity contribution is 6.13. The molecule has 134 valence electrons. The Labute approximate surface area is 151 Å². The number of Topliss-reactive ketones (excluding diaryl/α,β-unsaturated/α-hetero) is 1. The molecule has 2 aliphatic rings. The molecule has 1 amide bonds. The average Bonchev–Trinajstić information content (AvgIpc) is 3.14. The number of ether oxygens (including phenoxy) is 1. The van der Waals surface area contributed by atoms with Crippen molar-refractivity contribution >= 4 is 11.9 Å². The molecule has 26 heavy (non-hydrogen) atoms. The molecule has 1 spiro atoms. The van der Waals surface area contributed by atoms with Gasteiger partial charge in [0.1, 0.15) is 17.0 Å². The highest BCUT2D eigenvalue weighted by Crippen LogP contribution is 2.60. The van der Waals surface area contributed by atoms with Gasteiger partial charge in [0.2, 0.25) is 0 Å². The first-order valence-electron chi connectivity index (χ1n) is 8.64. The van der Waals surface area contributed by atoms with Crippen LogP contribution in [0.5, 0.6) is 0 Å². The Morgan fingerprint density at radius 1 is 1.15 bits per heavy atom. The summed E-state index contributed by atoms with van der Waals surface area (Å²) in [6, 6.07) is 12.9. The number of nitrogens with zero attached hydrogens (tertiary/aromatic N) is 1. The zero-order valence-electron chi connectivity index (χ0n) is 15.0. The lowest BCUT2D eigenvalue weighted by Gasteiger charge is -2.21. The molecule has 0 unspecified atom stereocenters. The topological polar surface area (TPSA) is 46.4 Å². The van der Waals surface area contributed by atoms with Gasteiger partial charge in [0.15, 0.2) is 5.78 Å². The number of carbonyl (C=O) groups excluding carboxylic acids is 2. The maximum atomic E-state index is 13.3. The van der Waals surface area contributed by atoms with Gasteiger partial charge in [-0.25, -0.2) is 9.18 Å². The molecule has 1 aliphatic heterocycles. The van der Waals surface area contributed by atoms with Crippen molar-refractivity contribution in [2.24, 2.45) is 0 Å². The van der Waals surface area contributed by atoms with Crippen molar-refractivity contribution in [3.8, 4) is 0 Å². The summed E-state index contributed by atoms with van der Waals surface area (Å²) >= 11 is 0. The first-order valence-corrected chi connectivity index (χ1v) is 8.64. The van der Waals surface area contributed by atoms with Crippen molar-refractivity contribution < 1.29 is 18.7 Å². The molecule has 2 aromatic carbocycles. The van der Waals surface area contributed by atoms with Crippen LogP contribution in [-0.2, 0) is 11.2 Å². The summed E-state index contributed by atoms with van der Waals surface area (Å²) in [7, 11) is 0. The van der Waals surface area contributed by atoms with Crippen LogP contribution in [0, 0.1) is 5.82 Å².